The van der Waals surface area contributed by atoms with Gasteiger partial charge in [0, 0.05) is 0 Å². The number of methoxy groups -OCH3 is 1. The van der Waals surface area contributed by atoms with E-state index in [4.69, 9.17) is 10.5 Å². The molecule has 78 valence electrons. The first-order chi connectivity index (χ1) is 7.19. The summed E-state index contributed by atoms with van der Waals surface area (Å²) in [5, 5.41) is 10.7. The number of hydrogen-bond donors (Lipinski definition) is 1. The lowest BCUT2D eigenvalue weighted by molar-refractivity contribution is -0.385. The number of benzene rings is 1. The van der Waals surface area contributed by atoms with Crippen LogP contribution in [-0.4, -0.2) is 18.6 Å². The van der Waals surface area contributed by atoms with Gasteiger partial charge in [-0.3, -0.25) is 10.1 Å². The summed E-state index contributed by atoms with van der Waals surface area (Å²) in [5.74, 6) is 5.63. The van der Waals surface area contributed by atoms with Crippen LogP contribution in [0.4, 0.5) is 5.69 Å². The minimum atomic E-state index is -0.497. The number of rotatable bonds is 2. The topological polar surface area (TPSA) is 78.4 Å². The molecule has 0 bridgehead atoms. The smallest absolute Gasteiger partial charge is 0.288 e. The molecule has 2 N–H and O–H groups in total. The zero-order valence-electron chi connectivity index (χ0n) is 8.19. The van der Waals surface area contributed by atoms with Gasteiger partial charge in [0.1, 0.15) is 11.3 Å². The van der Waals surface area contributed by atoms with Crippen molar-refractivity contribution in [1.82, 2.24) is 0 Å². The molecule has 0 saturated heterocycles. The Balaban J connectivity index is 3.21. The van der Waals surface area contributed by atoms with E-state index >= 15 is 0 Å². The van der Waals surface area contributed by atoms with Crippen LogP contribution >= 0.6 is 0 Å². The summed E-state index contributed by atoms with van der Waals surface area (Å²) >= 11 is 0. The highest BCUT2D eigenvalue weighted by atomic mass is 16.6. The zero-order valence-corrected chi connectivity index (χ0v) is 8.19. The fraction of sp³-hybridized carbons (Fsp3) is 0.200. The van der Waals surface area contributed by atoms with E-state index in [1.807, 2.05) is 0 Å². The summed E-state index contributed by atoms with van der Waals surface area (Å²) < 4.78 is 4.89. The molecule has 0 atom stereocenters. The lowest BCUT2D eigenvalue weighted by atomic mass is 10.2. The van der Waals surface area contributed by atoms with Crippen LogP contribution in [0, 0.1) is 22.0 Å². The van der Waals surface area contributed by atoms with Crippen LogP contribution in [0.15, 0.2) is 18.2 Å². The van der Waals surface area contributed by atoms with Crippen molar-refractivity contribution in [2.75, 3.05) is 13.7 Å². The van der Waals surface area contributed by atoms with Crippen LogP contribution in [0.5, 0.6) is 5.75 Å². The Labute approximate surface area is 87.0 Å². The van der Waals surface area contributed by atoms with Gasteiger partial charge in [-0.2, -0.15) is 0 Å². The Morgan fingerprint density at radius 2 is 2.33 bits per heavy atom. The van der Waals surface area contributed by atoms with Crippen LogP contribution in [-0.2, 0) is 0 Å². The van der Waals surface area contributed by atoms with Gasteiger partial charge in [0.15, 0.2) is 0 Å². The fourth-order valence-electron chi connectivity index (χ4n) is 1.04. The summed E-state index contributed by atoms with van der Waals surface area (Å²) in [6.45, 7) is 0.170. The normalized spacial score (nSPS) is 8.93. The number of nitrogens with zero attached hydrogens (tertiary/aromatic N) is 1. The van der Waals surface area contributed by atoms with Crippen molar-refractivity contribution in [2.45, 2.75) is 0 Å². The maximum absolute atomic E-state index is 10.7. The van der Waals surface area contributed by atoms with E-state index in [2.05, 4.69) is 11.8 Å². The lowest BCUT2D eigenvalue weighted by Crippen LogP contribution is -1.96. The number of nitrogens with two attached hydrogens (primary N) is 1. The molecule has 0 aliphatic rings. The van der Waals surface area contributed by atoms with Gasteiger partial charge >= 0.3 is 0 Å². The Kier molecular flexibility index (Phi) is 3.66. The van der Waals surface area contributed by atoms with Crippen LogP contribution in [0.25, 0.3) is 0 Å². The molecule has 0 radical (unpaired) electrons. The minimum absolute atomic E-state index is 0.0738. The van der Waals surface area contributed by atoms with Gasteiger partial charge in [-0.25, -0.2) is 0 Å². The Hall–Kier alpha value is -2.06. The fourth-order valence-corrected chi connectivity index (χ4v) is 1.04. The molecule has 0 aliphatic carbocycles. The molecule has 0 amide bonds. The van der Waals surface area contributed by atoms with Crippen molar-refractivity contribution < 1.29 is 9.66 Å². The highest BCUT2D eigenvalue weighted by molar-refractivity contribution is 5.54. The summed E-state index contributed by atoms with van der Waals surface area (Å²) in [6.07, 6.45) is 0. The molecular weight excluding hydrogens is 196 g/mol. The second-order valence-corrected chi connectivity index (χ2v) is 2.65. The van der Waals surface area contributed by atoms with Gasteiger partial charge in [0.05, 0.1) is 24.6 Å². The number of nitro groups is 1. The number of hydrogen-bond acceptors (Lipinski definition) is 4. The van der Waals surface area contributed by atoms with Crippen LogP contribution in [0.3, 0.4) is 0 Å². The van der Waals surface area contributed by atoms with E-state index in [1.165, 1.54) is 13.2 Å². The van der Waals surface area contributed by atoms with Gasteiger partial charge in [-0.15, -0.1) is 0 Å². The molecule has 5 heteroatoms. The highest BCUT2D eigenvalue weighted by Gasteiger charge is 2.12. The molecule has 1 aromatic carbocycles. The van der Waals surface area contributed by atoms with Crippen molar-refractivity contribution in [3.63, 3.8) is 0 Å². The molecule has 0 unspecified atom stereocenters. The zero-order chi connectivity index (χ0) is 11.3. The molecule has 0 fully saturated rings. The van der Waals surface area contributed by atoms with E-state index in [9.17, 15) is 10.1 Å². The van der Waals surface area contributed by atoms with E-state index in [0.29, 0.717) is 11.3 Å². The molecule has 0 aliphatic heterocycles. The summed E-state index contributed by atoms with van der Waals surface area (Å²) in [5.41, 5.74) is 5.46. The second-order valence-electron chi connectivity index (χ2n) is 2.65. The molecule has 0 saturated carbocycles. The molecule has 1 aromatic rings. The van der Waals surface area contributed by atoms with Gasteiger partial charge in [0.2, 0.25) is 0 Å². The molecule has 0 aromatic heterocycles. The highest BCUT2D eigenvalue weighted by Crippen LogP contribution is 2.23. The van der Waals surface area contributed by atoms with Crippen LogP contribution in [0.1, 0.15) is 5.56 Å². The predicted octanol–water partition coefficient (Wildman–Crippen LogP) is 0.914. The SMILES string of the molecule is COc1ccc(C#CCN)c([N+](=O)[O-])c1. The quantitative estimate of drug-likeness (QED) is 0.443. The van der Waals surface area contributed by atoms with Crippen LogP contribution < -0.4 is 10.5 Å². The average Bonchev–Trinajstić information content (AvgIpc) is 2.26. The standard InChI is InChI=1S/C10H10N2O3/c1-15-9-5-4-8(3-2-6-11)10(7-9)12(13)14/h4-5,7H,6,11H2,1H3. The van der Waals surface area contributed by atoms with Crippen LogP contribution in [0.2, 0.25) is 0 Å². The maximum atomic E-state index is 10.7. The van der Waals surface area contributed by atoms with Crippen molar-refractivity contribution in [2.24, 2.45) is 5.73 Å². The molecule has 5 nitrogen and oxygen atoms in total. The molecule has 15 heavy (non-hydrogen) atoms. The first-order valence-corrected chi connectivity index (χ1v) is 4.20. The molecule has 0 heterocycles. The molecule has 1 rings (SSSR count). The third-order valence-corrected chi connectivity index (χ3v) is 1.73. The third kappa shape index (κ3) is 2.69. The van der Waals surface area contributed by atoms with Gasteiger partial charge in [-0.05, 0) is 12.1 Å². The van der Waals surface area contributed by atoms with Crippen molar-refractivity contribution in [1.29, 1.82) is 0 Å². The summed E-state index contributed by atoms with van der Waals surface area (Å²) in [6, 6.07) is 4.49. The largest absolute Gasteiger partial charge is 0.497 e. The third-order valence-electron chi connectivity index (χ3n) is 1.73. The molecular formula is C10H10N2O3. The summed E-state index contributed by atoms with van der Waals surface area (Å²) in [7, 11) is 1.45. The first kappa shape index (κ1) is 11.0. The minimum Gasteiger partial charge on any atom is -0.497 e. The Bertz CT molecular complexity index is 432. The number of ether oxygens (including phenoxy) is 1. The second kappa shape index (κ2) is 4.98. The van der Waals surface area contributed by atoms with E-state index in [0.717, 1.165) is 0 Å². The van der Waals surface area contributed by atoms with E-state index < -0.39 is 4.92 Å². The van der Waals surface area contributed by atoms with Gasteiger partial charge in [0.25, 0.3) is 5.69 Å². The van der Waals surface area contributed by atoms with Gasteiger partial charge in [-0.1, -0.05) is 11.8 Å². The maximum Gasteiger partial charge on any atom is 0.288 e. The number of nitro benzene ring substituents is 1. The molecule has 0 spiro atoms. The summed E-state index contributed by atoms with van der Waals surface area (Å²) in [4.78, 5) is 10.2. The van der Waals surface area contributed by atoms with Gasteiger partial charge < -0.3 is 10.5 Å². The predicted molar refractivity (Wildman–Crippen MR) is 55.6 cm³/mol. The lowest BCUT2D eigenvalue weighted by Gasteiger charge is -2.00. The van der Waals surface area contributed by atoms with Crippen molar-refractivity contribution in [3.8, 4) is 17.6 Å². The first-order valence-electron chi connectivity index (χ1n) is 4.20. The van der Waals surface area contributed by atoms with E-state index in [1.54, 1.807) is 12.1 Å². The van der Waals surface area contributed by atoms with Crippen molar-refractivity contribution in [3.05, 3.63) is 33.9 Å². The average molecular weight is 206 g/mol. The monoisotopic (exact) mass is 206 g/mol. The van der Waals surface area contributed by atoms with E-state index in [-0.39, 0.29) is 12.2 Å². The Morgan fingerprint density at radius 1 is 1.60 bits per heavy atom. The van der Waals surface area contributed by atoms with Crippen molar-refractivity contribution >= 4 is 5.69 Å². The Morgan fingerprint density at radius 3 is 2.87 bits per heavy atom.